The second-order valence-electron chi connectivity index (χ2n) is 7.92. The smallest absolute Gasteiger partial charge is 0.306 e. The van der Waals surface area contributed by atoms with Crippen molar-refractivity contribution in [2.75, 3.05) is 17.2 Å². The fourth-order valence-electron chi connectivity index (χ4n) is 3.24. The standard InChI is InChI=1S/C27H28N2O5/c1-18-7-4-5-10-23(18)29-25(31)17-33-26(32)16-15-24(30)28-21-11-13-22(14-12-21)34-27-19(2)8-6-9-20(27)3/h4-14H,15-17H2,1-3H3,(H,28,30)(H,29,31). The Labute approximate surface area is 199 Å². The van der Waals surface area contributed by atoms with Gasteiger partial charge in [0.2, 0.25) is 5.91 Å². The van der Waals surface area contributed by atoms with E-state index in [-0.39, 0.29) is 18.7 Å². The lowest BCUT2D eigenvalue weighted by Gasteiger charge is -2.12. The molecule has 0 aromatic heterocycles. The minimum absolute atomic E-state index is 0.0566. The van der Waals surface area contributed by atoms with Gasteiger partial charge in [-0.2, -0.15) is 0 Å². The molecule has 0 aliphatic carbocycles. The van der Waals surface area contributed by atoms with Crippen LogP contribution in [-0.2, 0) is 19.1 Å². The maximum absolute atomic E-state index is 12.2. The number of rotatable bonds is 9. The molecule has 2 N–H and O–H groups in total. The van der Waals surface area contributed by atoms with Gasteiger partial charge in [0.1, 0.15) is 11.5 Å². The van der Waals surface area contributed by atoms with E-state index < -0.39 is 18.5 Å². The number of amides is 2. The van der Waals surface area contributed by atoms with E-state index in [1.54, 1.807) is 36.4 Å². The van der Waals surface area contributed by atoms with Crippen LogP contribution in [0.5, 0.6) is 11.5 Å². The summed E-state index contributed by atoms with van der Waals surface area (Å²) in [6.07, 6.45) is -0.184. The molecule has 0 saturated heterocycles. The van der Waals surface area contributed by atoms with Crippen LogP contribution >= 0.6 is 0 Å². The third-order valence-corrected chi connectivity index (χ3v) is 5.11. The van der Waals surface area contributed by atoms with Gasteiger partial charge in [0.05, 0.1) is 6.42 Å². The highest BCUT2D eigenvalue weighted by atomic mass is 16.5. The van der Waals surface area contributed by atoms with Crippen LogP contribution in [0.3, 0.4) is 0 Å². The summed E-state index contributed by atoms with van der Waals surface area (Å²) in [5, 5.41) is 5.42. The first kappa shape index (κ1) is 24.5. The molecule has 0 heterocycles. The maximum Gasteiger partial charge on any atom is 0.306 e. The molecular formula is C27H28N2O5. The van der Waals surface area contributed by atoms with Crippen molar-refractivity contribution >= 4 is 29.2 Å². The monoisotopic (exact) mass is 460 g/mol. The predicted molar refractivity (Wildman–Crippen MR) is 131 cm³/mol. The van der Waals surface area contributed by atoms with Crippen molar-refractivity contribution in [3.8, 4) is 11.5 Å². The molecule has 34 heavy (non-hydrogen) atoms. The SMILES string of the molecule is Cc1ccccc1NC(=O)COC(=O)CCC(=O)Nc1ccc(Oc2c(C)cccc2C)cc1. The zero-order valence-electron chi connectivity index (χ0n) is 19.5. The number of carbonyl (C=O) groups is 3. The van der Waals surface area contributed by atoms with Crippen molar-refractivity contribution in [2.45, 2.75) is 33.6 Å². The number of para-hydroxylation sites is 2. The number of carbonyl (C=O) groups excluding carboxylic acids is 3. The van der Waals surface area contributed by atoms with Crippen molar-refractivity contribution < 1.29 is 23.9 Å². The molecule has 0 aliphatic rings. The average molecular weight is 461 g/mol. The summed E-state index contributed by atoms with van der Waals surface area (Å²) in [6.45, 7) is 5.43. The number of nitrogens with one attached hydrogen (secondary N) is 2. The van der Waals surface area contributed by atoms with Crippen molar-refractivity contribution in [2.24, 2.45) is 0 Å². The first-order chi connectivity index (χ1) is 16.3. The minimum atomic E-state index is -0.618. The molecule has 3 rings (SSSR count). The fourth-order valence-corrected chi connectivity index (χ4v) is 3.24. The van der Waals surface area contributed by atoms with E-state index in [0.717, 1.165) is 22.4 Å². The Balaban J connectivity index is 1.40. The van der Waals surface area contributed by atoms with E-state index in [0.29, 0.717) is 17.1 Å². The minimum Gasteiger partial charge on any atom is -0.457 e. The molecular weight excluding hydrogens is 432 g/mol. The molecule has 2 amide bonds. The summed E-state index contributed by atoms with van der Waals surface area (Å²) >= 11 is 0. The Bertz CT molecular complexity index is 1150. The molecule has 7 heteroatoms. The number of benzene rings is 3. The Morgan fingerprint density at radius 2 is 1.35 bits per heavy atom. The van der Waals surface area contributed by atoms with E-state index in [1.807, 2.05) is 51.1 Å². The van der Waals surface area contributed by atoms with Gasteiger partial charge in [0.25, 0.3) is 5.91 Å². The summed E-state index contributed by atoms with van der Waals surface area (Å²) < 4.78 is 10.9. The zero-order valence-corrected chi connectivity index (χ0v) is 19.5. The van der Waals surface area contributed by atoms with Gasteiger partial charge in [-0.3, -0.25) is 14.4 Å². The molecule has 0 unspecified atom stereocenters. The van der Waals surface area contributed by atoms with E-state index in [1.165, 1.54) is 0 Å². The van der Waals surface area contributed by atoms with E-state index in [2.05, 4.69) is 10.6 Å². The maximum atomic E-state index is 12.2. The molecule has 176 valence electrons. The summed E-state index contributed by atoms with van der Waals surface area (Å²) in [5.74, 6) is 0.0841. The molecule has 0 fully saturated rings. The fraction of sp³-hybridized carbons (Fsp3) is 0.222. The van der Waals surface area contributed by atoms with Crippen LogP contribution < -0.4 is 15.4 Å². The van der Waals surface area contributed by atoms with Crippen LogP contribution in [0.1, 0.15) is 29.5 Å². The average Bonchev–Trinajstić information content (AvgIpc) is 2.81. The molecule has 0 aliphatic heterocycles. The predicted octanol–water partition coefficient (Wildman–Crippen LogP) is 5.30. The van der Waals surface area contributed by atoms with E-state index in [9.17, 15) is 14.4 Å². The molecule has 0 saturated carbocycles. The zero-order chi connectivity index (χ0) is 24.5. The lowest BCUT2D eigenvalue weighted by atomic mass is 10.1. The van der Waals surface area contributed by atoms with Crippen molar-refractivity contribution in [1.29, 1.82) is 0 Å². The van der Waals surface area contributed by atoms with Crippen LogP contribution in [-0.4, -0.2) is 24.4 Å². The number of aryl methyl sites for hydroxylation is 3. The second kappa shape index (κ2) is 11.7. The van der Waals surface area contributed by atoms with Gasteiger partial charge >= 0.3 is 5.97 Å². The normalized spacial score (nSPS) is 10.3. The molecule has 0 radical (unpaired) electrons. The highest BCUT2D eigenvalue weighted by Gasteiger charge is 2.12. The molecule has 0 atom stereocenters. The number of hydrogen-bond donors (Lipinski definition) is 2. The van der Waals surface area contributed by atoms with Crippen LogP contribution in [0.15, 0.2) is 66.7 Å². The number of ether oxygens (including phenoxy) is 2. The Morgan fingerprint density at radius 1 is 0.706 bits per heavy atom. The summed E-state index contributed by atoms with van der Waals surface area (Å²) in [4.78, 5) is 36.0. The molecule has 7 nitrogen and oxygen atoms in total. The van der Waals surface area contributed by atoms with Gasteiger partial charge in [-0.05, 0) is 67.8 Å². The first-order valence-corrected chi connectivity index (χ1v) is 11.0. The van der Waals surface area contributed by atoms with Gasteiger partial charge in [-0.15, -0.1) is 0 Å². The Hall–Kier alpha value is -4.13. The van der Waals surface area contributed by atoms with Crippen LogP contribution in [0.25, 0.3) is 0 Å². The highest BCUT2D eigenvalue weighted by Crippen LogP contribution is 2.29. The lowest BCUT2D eigenvalue weighted by molar-refractivity contribution is -0.147. The third-order valence-electron chi connectivity index (χ3n) is 5.11. The second-order valence-corrected chi connectivity index (χ2v) is 7.92. The van der Waals surface area contributed by atoms with Gasteiger partial charge in [-0.1, -0.05) is 36.4 Å². The van der Waals surface area contributed by atoms with Crippen LogP contribution in [0, 0.1) is 20.8 Å². The molecule has 0 spiro atoms. The van der Waals surface area contributed by atoms with Crippen molar-refractivity contribution in [3.63, 3.8) is 0 Å². The molecule has 3 aromatic rings. The van der Waals surface area contributed by atoms with E-state index in [4.69, 9.17) is 9.47 Å². The lowest BCUT2D eigenvalue weighted by Crippen LogP contribution is -2.22. The van der Waals surface area contributed by atoms with Gasteiger partial charge in [-0.25, -0.2) is 0 Å². The van der Waals surface area contributed by atoms with Crippen molar-refractivity contribution in [3.05, 3.63) is 83.4 Å². The highest BCUT2D eigenvalue weighted by molar-refractivity contribution is 5.94. The topological polar surface area (TPSA) is 93.7 Å². The van der Waals surface area contributed by atoms with Gasteiger partial charge in [0.15, 0.2) is 6.61 Å². The van der Waals surface area contributed by atoms with Crippen molar-refractivity contribution in [1.82, 2.24) is 0 Å². The van der Waals surface area contributed by atoms with Gasteiger partial charge in [0, 0.05) is 17.8 Å². The largest absolute Gasteiger partial charge is 0.457 e. The van der Waals surface area contributed by atoms with E-state index >= 15 is 0 Å². The summed E-state index contributed by atoms with van der Waals surface area (Å²) in [7, 11) is 0. The summed E-state index contributed by atoms with van der Waals surface area (Å²) in [5.41, 5.74) is 4.23. The van der Waals surface area contributed by atoms with Crippen LogP contribution in [0.2, 0.25) is 0 Å². The van der Waals surface area contributed by atoms with Gasteiger partial charge < -0.3 is 20.1 Å². The number of hydrogen-bond acceptors (Lipinski definition) is 5. The Morgan fingerprint density at radius 3 is 2.03 bits per heavy atom. The Kier molecular flexibility index (Phi) is 8.40. The first-order valence-electron chi connectivity index (χ1n) is 11.0. The molecule has 3 aromatic carbocycles. The quantitative estimate of drug-likeness (QED) is 0.423. The summed E-state index contributed by atoms with van der Waals surface area (Å²) in [6, 6.07) is 20.2. The number of esters is 1. The third kappa shape index (κ3) is 7.20. The number of anilines is 2. The molecule has 0 bridgehead atoms. The van der Waals surface area contributed by atoms with Crippen LogP contribution in [0.4, 0.5) is 11.4 Å².